The van der Waals surface area contributed by atoms with E-state index in [1.165, 1.54) is 30.3 Å². The zero-order valence-electron chi connectivity index (χ0n) is 12.9. The van der Waals surface area contributed by atoms with Crippen LogP contribution in [0, 0.1) is 5.92 Å². The first-order valence-electron chi connectivity index (χ1n) is 7.85. The second kappa shape index (κ2) is 6.64. The second-order valence-corrected chi connectivity index (χ2v) is 5.93. The van der Waals surface area contributed by atoms with E-state index in [0.717, 1.165) is 23.8 Å². The van der Waals surface area contributed by atoms with Gasteiger partial charge in [0.1, 0.15) is 0 Å². The molecule has 0 radical (unpaired) electrons. The van der Waals surface area contributed by atoms with Crippen LogP contribution in [0.3, 0.4) is 0 Å². The van der Waals surface area contributed by atoms with E-state index in [2.05, 4.69) is 15.6 Å². The lowest BCUT2D eigenvalue weighted by Crippen LogP contribution is -2.20. The number of nitrogens with one attached hydrogen (secondary N) is 2. The number of hydrogen-bond acceptors (Lipinski definition) is 4. The summed E-state index contributed by atoms with van der Waals surface area (Å²) in [7, 11) is 1.71. The van der Waals surface area contributed by atoms with E-state index in [1.807, 2.05) is 24.3 Å². The molecule has 0 amide bonds. The standard InChI is InChI=1S/C17H22N4O/c1-21-11-10-18-16(17(21)22)20-15-8-6-14(7-9-15)19-12-13-4-2-3-5-13/h6-11,13,19H,2-5,12H2,1H3,(H,18,20). The molecule has 116 valence electrons. The highest BCUT2D eigenvalue weighted by molar-refractivity contribution is 5.59. The summed E-state index contributed by atoms with van der Waals surface area (Å²) in [5.41, 5.74) is 1.85. The Labute approximate surface area is 130 Å². The Hall–Kier alpha value is -2.30. The average molecular weight is 298 g/mol. The summed E-state index contributed by atoms with van der Waals surface area (Å²) < 4.78 is 1.51. The van der Waals surface area contributed by atoms with Crippen molar-refractivity contribution in [2.24, 2.45) is 13.0 Å². The Morgan fingerprint density at radius 3 is 2.59 bits per heavy atom. The Balaban J connectivity index is 1.61. The summed E-state index contributed by atoms with van der Waals surface area (Å²) in [6, 6.07) is 7.99. The molecule has 5 heteroatoms. The summed E-state index contributed by atoms with van der Waals surface area (Å²) in [6.07, 6.45) is 8.68. The van der Waals surface area contributed by atoms with Crippen molar-refractivity contribution in [1.82, 2.24) is 9.55 Å². The summed E-state index contributed by atoms with van der Waals surface area (Å²) >= 11 is 0. The molecular formula is C17H22N4O. The summed E-state index contributed by atoms with van der Waals surface area (Å²) in [5.74, 6) is 1.16. The molecule has 0 aliphatic heterocycles. The molecule has 0 bridgehead atoms. The molecule has 5 nitrogen and oxygen atoms in total. The number of rotatable bonds is 5. The maximum atomic E-state index is 11.9. The molecule has 2 N–H and O–H groups in total. The van der Waals surface area contributed by atoms with Crippen LogP contribution in [-0.4, -0.2) is 16.1 Å². The molecule has 1 fully saturated rings. The SMILES string of the molecule is Cn1ccnc(Nc2ccc(NCC3CCCC3)cc2)c1=O. The van der Waals surface area contributed by atoms with Gasteiger partial charge >= 0.3 is 0 Å². The van der Waals surface area contributed by atoms with Crippen LogP contribution in [0.2, 0.25) is 0 Å². The van der Waals surface area contributed by atoms with E-state index in [4.69, 9.17) is 0 Å². The van der Waals surface area contributed by atoms with E-state index >= 15 is 0 Å². The Morgan fingerprint density at radius 1 is 1.18 bits per heavy atom. The van der Waals surface area contributed by atoms with Gasteiger partial charge in [0.15, 0.2) is 5.82 Å². The van der Waals surface area contributed by atoms with E-state index in [0.29, 0.717) is 5.82 Å². The number of anilines is 3. The zero-order chi connectivity index (χ0) is 15.4. The molecule has 3 rings (SSSR count). The van der Waals surface area contributed by atoms with Crippen LogP contribution in [0.25, 0.3) is 0 Å². The monoisotopic (exact) mass is 298 g/mol. The lowest BCUT2D eigenvalue weighted by molar-refractivity contribution is 0.580. The van der Waals surface area contributed by atoms with E-state index < -0.39 is 0 Å². The molecule has 0 unspecified atom stereocenters. The highest BCUT2D eigenvalue weighted by Crippen LogP contribution is 2.25. The Kier molecular flexibility index (Phi) is 4.42. The van der Waals surface area contributed by atoms with Gasteiger partial charge in [0.05, 0.1) is 0 Å². The van der Waals surface area contributed by atoms with Crippen molar-refractivity contribution in [2.45, 2.75) is 25.7 Å². The molecule has 1 aromatic heterocycles. The maximum absolute atomic E-state index is 11.9. The lowest BCUT2D eigenvalue weighted by Gasteiger charge is -2.12. The third-order valence-corrected chi connectivity index (χ3v) is 4.23. The van der Waals surface area contributed by atoms with Gasteiger partial charge in [-0.15, -0.1) is 0 Å². The fraction of sp³-hybridized carbons (Fsp3) is 0.412. The molecule has 1 aromatic carbocycles. The number of hydrogen-bond donors (Lipinski definition) is 2. The first-order chi connectivity index (χ1) is 10.7. The summed E-state index contributed by atoms with van der Waals surface area (Å²) in [4.78, 5) is 16.0. The molecule has 0 atom stereocenters. The minimum atomic E-state index is -0.133. The predicted molar refractivity (Wildman–Crippen MR) is 89.7 cm³/mol. The molecule has 0 spiro atoms. The Bertz CT molecular complexity index is 672. The van der Waals surface area contributed by atoms with Gasteiger partial charge in [-0.1, -0.05) is 12.8 Å². The van der Waals surface area contributed by atoms with Crippen LogP contribution in [0.5, 0.6) is 0 Å². The average Bonchev–Trinajstić information content (AvgIpc) is 3.05. The first-order valence-corrected chi connectivity index (χ1v) is 7.85. The van der Waals surface area contributed by atoms with Gasteiger partial charge < -0.3 is 15.2 Å². The molecule has 2 aromatic rings. The van der Waals surface area contributed by atoms with Crippen molar-refractivity contribution in [3.05, 3.63) is 47.0 Å². The summed E-state index contributed by atoms with van der Waals surface area (Å²) in [6.45, 7) is 1.05. The van der Waals surface area contributed by atoms with Crippen molar-refractivity contribution in [1.29, 1.82) is 0 Å². The molecular weight excluding hydrogens is 276 g/mol. The largest absolute Gasteiger partial charge is 0.385 e. The maximum Gasteiger partial charge on any atom is 0.293 e. The zero-order valence-corrected chi connectivity index (χ0v) is 12.9. The highest BCUT2D eigenvalue weighted by atomic mass is 16.1. The van der Waals surface area contributed by atoms with Crippen molar-refractivity contribution in [3.8, 4) is 0 Å². The molecule has 1 aliphatic carbocycles. The number of benzene rings is 1. The van der Waals surface area contributed by atoms with Gasteiger partial charge in [0.2, 0.25) is 0 Å². The number of nitrogens with zero attached hydrogens (tertiary/aromatic N) is 2. The van der Waals surface area contributed by atoms with Crippen LogP contribution in [-0.2, 0) is 7.05 Å². The normalized spacial score (nSPS) is 15.0. The number of aromatic nitrogens is 2. The van der Waals surface area contributed by atoms with Gasteiger partial charge in [-0.25, -0.2) is 4.98 Å². The second-order valence-electron chi connectivity index (χ2n) is 5.93. The number of aryl methyl sites for hydroxylation is 1. The quantitative estimate of drug-likeness (QED) is 0.890. The first kappa shape index (κ1) is 14.6. The lowest BCUT2D eigenvalue weighted by atomic mass is 10.1. The van der Waals surface area contributed by atoms with Crippen molar-refractivity contribution in [3.63, 3.8) is 0 Å². The van der Waals surface area contributed by atoms with Crippen LogP contribution in [0.4, 0.5) is 17.2 Å². The smallest absolute Gasteiger partial charge is 0.293 e. The van der Waals surface area contributed by atoms with E-state index in [1.54, 1.807) is 19.4 Å². The minimum absolute atomic E-state index is 0.133. The van der Waals surface area contributed by atoms with Gasteiger partial charge in [-0.2, -0.15) is 0 Å². The minimum Gasteiger partial charge on any atom is -0.385 e. The van der Waals surface area contributed by atoms with Gasteiger partial charge in [0, 0.05) is 37.4 Å². The fourth-order valence-corrected chi connectivity index (χ4v) is 2.87. The van der Waals surface area contributed by atoms with Crippen molar-refractivity contribution >= 4 is 17.2 Å². The van der Waals surface area contributed by atoms with Crippen molar-refractivity contribution < 1.29 is 0 Å². The van der Waals surface area contributed by atoms with E-state index in [9.17, 15) is 4.79 Å². The predicted octanol–water partition coefficient (Wildman–Crippen LogP) is 3.13. The third-order valence-electron chi connectivity index (χ3n) is 4.23. The summed E-state index contributed by atoms with van der Waals surface area (Å²) in [5, 5.41) is 6.55. The van der Waals surface area contributed by atoms with Crippen molar-refractivity contribution in [2.75, 3.05) is 17.2 Å². The van der Waals surface area contributed by atoms with Gasteiger partial charge in [0.25, 0.3) is 5.56 Å². The molecule has 1 aliphatic rings. The molecule has 1 saturated carbocycles. The van der Waals surface area contributed by atoms with Crippen LogP contribution in [0.15, 0.2) is 41.5 Å². The molecule has 0 saturated heterocycles. The topological polar surface area (TPSA) is 59.0 Å². The van der Waals surface area contributed by atoms with Crippen LogP contribution >= 0.6 is 0 Å². The highest BCUT2D eigenvalue weighted by Gasteiger charge is 2.14. The third kappa shape index (κ3) is 3.47. The Morgan fingerprint density at radius 2 is 1.86 bits per heavy atom. The van der Waals surface area contributed by atoms with Crippen LogP contribution < -0.4 is 16.2 Å². The molecule has 22 heavy (non-hydrogen) atoms. The van der Waals surface area contributed by atoms with E-state index in [-0.39, 0.29) is 5.56 Å². The molecule has 1 heterocycles. The fourth-order valence-electron chi connectivity index (χ4n) is 2.87. The van der Waals surface area contributed by atoms with Crippen LogP contribution in [0.1, 0.15) is 25.7 Å². The van der Waals surface area contributed by atoms with Gasteiger partial charge in [-0.3, -0.25) is 4.79 Å². The van der Waals surface area contributed by atoms with Gasteiger partial charge in [-0.05, 0) is 43.0 Å².